The molecule has 2 N–H and O–H groups in total. The summed E-state index contributed by atoms with van der Waals surface area (Å²) in [5.41, 5.74) is 0.512. The van der Waals surface area contributed by atoms with Crippen LogP contribution in [0.2, 0.25) is 0 Å². The molecule has 2 amide bonds. The normalized spacial score (nSPS) is 14.3. The molecular weight excluding hydrogens is 307 g/mol. The van der Waals surface area contributed by atoms with E-state index in [0.29, 0.717) is 5.69 Å². The molecule has 10 heteroatoms. The molecule has 1 aromatic carbocycles. The highest BCUT2D eigenvalue weighted by molar-refractivity contribution is 6.17. The number of β-amino-alcohol motifs (C(OH)–C–C–N with tert-alkyl or cyclic N) is 1. The molecule has 0 saturated carbocycles. The molecule has 1 aliphatic rings. The van der Waals surface area contributed by atoms with E-state index in [2.05, 4.69) is 20.8 Å². The first-order chi connectivity index (χ1) is 11.1. The van der Waals surface area contributed by atoms with Crippen LogP contribution in [0, 0.1) is 5.82 Å². The Morgan fingerprint density at radius 2 is 2.13 bits per heavy atom. The van der Waals surface area contributed by atoms with Gasteiger partial charge in [0.15, 0.2) is 0 Å². The van der Waals surface area contributed by atoms with Crippen molar-refractivity contribution in [2.45, 2.75) is 0 Å². The quantitative estimate of drug-likeness (QED) is 0.712. The zero-order valence-corrected chi connectivity index (χ0v) is 11.7. The molecule has 23 heavy (non-hydrogen) atoms. The number of halogens is 1. The molecule has 0 aliphatic carbocycles. The van der Waals surface area contributed by atoms with Crippen molar-refractivity contribution in [1.82, 2.24) is 25.1 Å². The Morgan fingerprint density at radius 1 is 1.30 bits per heavy atom. The average Bonchev–Trinajstić information content (AvgIpc) is 3.14. The number of hydrogen-bond donors (Lipinski definition) is 2. The summed E-state index contributed by atoms with van der Waals surface area (Å²) in [5.74, 6) is -1.63. The van der Waals surface area contributed by atoms with Crippen molar-refractivity contribution in [3.63, 3.8) is 0 Å². The standard InChI is InChI=1S/C13H11FN6O3/c14-9-2-1-8(5-11(9)20-7-15-17-18-20)16-10-6-12(22)19(3-4-21)13(10)23/h1-2,5-7,16,21H,3-4H2. The van der Waals surface area contributed by atoms with Gasteiger partial charge in [-0.05, 0) is 28.6 Å². The minimum absolute atomic E-state index is 0.0396. The van der Waals surface area contributed by atoms with Gasteiger partial charge in [0, 0.05) is 11.8 Å². The molecule has 0 spiro atoms. The van der Waals surface area contributed by atoms with E-state index in [9.17, 15) is 14.0 Å². The number of aromatic nitrogens is 4. The van der Waals surface area contributed by atoms with Gasteiger partial charge in [-0.25, -0.2) is 4.39 Å². The van der Waals surface area contributed by atoms with Crippen LogP contribution in [-0.2, 0) is 9.59 Å². The molecular formula is C13H11FN6O3. The molecule has 3 rings (SSSR count). The summed E-state index contributed by atoms with van der Waals surface area (Å²) in [5, 5.41) is 22.1. The van der Waals surface area contributed by atoms with Crippen LogP contribution in [0.5, 0.6) is 0 Å². The highest BCUT2D eigenvalue weighted by atomic mass is 19.1. The molecule has 1 aliphatic heterocycles. The number of carbonyl (C=O) groups excluding carboxylic acids is 2. The number of imide groups is 1. The predicted molar refractivity (Wildman–Crippen MR) is 74.6 cm³/mol. The highest BCUT2D eigenvalue weighted by Crippen LogP contribution is 2.21. The first kappa shape index (κ1) is 14.8. The van der Waals surface area contributed by atoms with Gasteiger partial charge in [-0.1, -0.05) is 0 Å². The van der Waals surface area contributed by atoms with Gasteiger partial charge in [0.1, 0.15) is 23.5 Å². The van der Waals surface area contributed by atoms with Crippen molar-refractivity contribution in [2.24, 2.45) is 0 Å². The van der Waals surface area contributed by atoms with Crippen molar-refractivity contribution in [3.05, 3.63) is 42.1 Å². The van der Waals surface area contributed by atoms with Gasteiger partial charge in [-0.15, -0.1) is 5.10 Å². The van der Waals surface area contributed by atoms with Gasteiger partial charge in [0.2, 0.25) is 0 Å². The van der Waals surface area contributed by atoms with Crippen LogP contribution in [0.25, 0.3) is 5.69 Å². The molecule has 0 fully saturated rings. The van der Waals surface area contributed by atoms with Crippen LogP contribution in [0.1, 0.15) is 0 Å². The summed E-state index contributed by atoms with van der Waals surface area (Å²) < 4.78 is 15.0. The molecule has 0 atom stereocenters. The maximum Gasteiger partial charge on any atom is 0.277 e. The highest BCUT2D eigenvalue weighted by Gasteiger charge is 2.30. The Morgan fingerprint density at radius 3 is 2.83 bits per heavy atom. The van der Waals surface area contributed by atoms with Gasteiger partial charge in [0.05, 0.1) is 13.2 Å². The second-order valence-corrected chi connectivity index (χ2v) is 4.62. The Labute approximate surface area is 129 Å². The van der Waals surface area contributed by atoms with Crippen LogP contribution < -0.4 is 5.32 Å². The number of nitrogens with one attached hydrogen (secondary N) is 1. The Balaban J connectivity index is 1.84. The molecule has 2 aromatic rings. The Kier molecular flexibility index (Phi) is 3.81. The molecule has 0 saturated heterocycles. The van der Waals surface area contributed by atoms with Crippen LogP contribution in [0.3, 0.4) is 0 Å². The Hall–Kier alpha value is -3.14. The van der Waals surface area contributed by atoms with Crippen molar-refractivity contribution >= 4 is 17.5 Å². The molecule has 118 valence electrons. The number of carbonyl (C=O) groups is 2. The minimum Gasteiger partial charge on any atom is -0.395 e. The van der Waals surface area contributed by atoms with E-state index in [1.807, 2.05) is 0 Å². The molecule has 2 heterocycles. The van der Waals surface area contributed by atoms with E-state index in [-0.39, 0.29) is 24.5 Å². The average molecular weight is 318 g/mol. The number of aliphatic hydroxyl groups excluding tert-OH is 1. The van der Waals surface area contributed by atoms with E-state index in [0.717, 1.165) is 15.7 Å². The number of anilines is 1. The number of amides is 2. The summed E-state index contributed by atoms with van der Waals surface area (Å²) in [6.07, 6.45) is 2.35. The SMILES string of the molecule is O=C1C=C(Nc2ccc(F)c(-n3cnnn3)c2)C(=O)N1CCO. The zero-order valence-electron chi connectivity index (χ0n) is 11.7. The summed E-state index contributed by atoms with van der Waals surface area (Å²) in [6.45, 7) is -0.406. The molecule has 9 nitrogen and oxygen atoms in total. The van der Waals surface area contributed by atoms with Gasteiger partial charge < -0.3 is 10.4 Å². The van der Waals surface area contributed by atoms with Crippen molar-refractivity contribution in [2.75, 3.05) is 18.5 Å². The Bertz CT molecular complexity index is 789. The lowest BCUT2D eigenvalue weighted by Crippen LogP contribution is -2.34. The molecule has 1 aromatic heterocycles. The van der Waals surface area contributed by atoms with E-state index in [4.69, 9.17) is 5.11 Å². The fraction of sp³-hybridized carbons (Fsp3) is 0.154. The molecule has 0 unspecified atom stereocenters. The number of aliphatic hydroxyl groups is 1. The van der Waals surface area contributed by atoms with Crippen LogP contribution >= 0.6 is 0 Å². The minimum atomic E-state index is -0.558. The van der Waals surface area contributed by atoms with E-state index >= 15 is 0 Å². The fourth-order valence-electron chi connectivity index (χ4n) is 2.10. The van der Waals surface area contributed by atoms with Gasteiger partial charge in [0.25, 0.3) is 11.8 Å². The molecule has 0 radical (unpaired) electrons. The van der Waals surface area contributed by atoms with Crippen LogP contribution in [-0.4, -0.2) is 55.2 Å². The lowest BCUT2D eigenvalue weighted by atomic mass is 10.2. The smallest absolute Gasteiger partial charge is 0.277 e. The third-order valence-corrected chi connectivity index (χ3v) is 3.15. The summed E-state index contributed by atoms with van der Waals surface area (Å²) in [4.78, 5) is 24.6. The second-order valence-electron chi connectivity index (χ2n) is 4.62. The van der Waals surface area contributed by atoms with Crippen molar-refractivity contribution in [1.29, 1.82) is 0 Å². The van der Waals surface area contributed by atoms with Gasteiger partial charge in [-0.2, -0.15) is 4.68 Å². The van der Waals surface area contributed by atoms with Gasteiger partial charge >= 0.3 is 0 Å². The monoisotopic (exact) mass is 318 g/mol. The number of nitrogens with zero attached hydrogens (tertiary/aromatic N) is 5. The maximum absolute atomic E-state index is 13.8. The van der Waals surface area contributed by atoms with Crippen molar-refractivity contribution in [3.8, 4) is 5.69 Å². The first-order valence-corrected chi connectivity index (χ1v) is 6.58. The summed E-state index contributed by atoms with van der Waals surface area (Å²) in [6, 6.07) is 4.00. The molecule has 0 bridgehead atoms. The van der Waals surface area contributed by atoms with E-state index < -0.39 is 17.6 Å². The zero-order chi connectivity index (χ0) is 16.4. The largest absolute Gasteiger partial charge is 0.395 e. The lowest BCUT2D eigenvalue weighted by Gasteiger charge is -2.13. The first-order valence-electron chi connectivity index (χ1n) is 6.58. The fourth-order valence-corrected chi connectivity index (χ4v) is 2.10. The lowest BCUT2D eigenvalue weighted by molar-refractivity contribution is -0.137. The number of rotatable bonds is 5. The van der Waals surface area contributed by atoms with Crippen LogP contribution in [0.4, 0.5) is 10.1 Å². The number of benzene rings is 1. The van der Waals surface area contributed by atoms with E-state index in [1.54, 1.807) is 0 Å². The predicted octanol–water partition coefficient (Wildman–Crippen LogP) is -0.542. The number of hydrogen-bond acceptors (Lipinski definition) is 7. The second kappa shape index (κ2) is 5.93. The van der Waals surface area contributed by atoms with Gasteiger partial charge in [-0.3, -0.25) is 14.5 Å². The van der Waals surface area contributed by atoms with E-state index in [1.165, 1.54) is 24.5 Å². The van der Waals surface area contributed by atoms with Crippen LogP contribution in [0.15, 0.2) is 36.3 Å². The summed E-state index contributed by atoms with van der Waals surface area (Å²) in [7, 11) is 0. The summed E-state index contributed by atoms with van der Waals surface area (Å²) >= 11 is 0. The topological polar surface area (TPSA) is 113 Å². The number of tetrazole rings is 1. The third-order valence-electron chi connectivity index (χ3n) is 3.15. The third kappa shape index (κ3) is 2.79. The van der Waals surface area contributed by atoms with Crippen molar-refractivity contribution < 1.29 is 19.1 Å². The maximum atomic E-state index is 13.8.